The van der Waals surface area contributed by atoms with Gasteiger partial charge in [0, 0.05) is 5.56 Å². The van der Waals surface area contributed by atoms with Crippen LogP contribution in [0.1, 0.15) is 10.4 Å². The molecule has 0 radical (unpaired) electrons. The summed E-state index contributed by atoms with van der Waals surface area (Å²) in [5.74, 6) is -1.07. The third-order valence-electron chi connectivity index (χ3n) is 2.09. The number of phenols is 1. The number of nitrogens with one attached hydrogen (secondary N) is 1. The summed E-state index contributed by atoms with van der Waals surface area (Å²) >= 11 is 5.90. The van der Waals surface area contributed by atoms with Crippen LogP contribution in [0.3, 0.4) is 0 Å². The highest BCUT2D eigenvalue weighted by Crippen LogP contribution is 2.31. The van der Waals surface area contributed by atoms with Crippen molar-refractivity contribution in [2.24, 2.45) is 0 Å². The van der Waals surface area contributed by atoms with Gasteiger partial charge in [0.25, 0.3) is 0 Å². The van der Waals surface area contributed by atoms with E-state index >= 15 is 0 Å². The molecule has 0 spiro atoms. The van der Waals surface area contributed by atoms with E-state index in [-0.39, 0.29) is 16.3 Å². The minimum Gasteiger partial charge on any atom is -0.508 e. The van der Waals surface area contributed by atoms with Gasteiger partial charge in [0.1, 0.15) is 11.3 Å². The van der Waals surface area contributed by atoms with Crippen molar-refractivity contribution in [2.75, 3.05) is 0 Å². The molecule has 5 nitrogen and oxygen atoms in total. The van der Waals surface area contributed by atoms with E-state index in [9.17, 15) is 9.90 Å². The number of hydrogen-bond acceptors (Lipinski definition) is 3. The maximum absolute atomic E-state index is 10.9. The van der Waals surface area contributed by atoms with Crippen LogP contribution in [0.25, 0.3) is 11.3 Å². The summed E-state index contributed by atoms with van der Waals surface area (Å²) in [4.78, 5) is 10.9. The van der Waals surface area contributed by atoms with E-state index in [0.717, 1.165) is 0 Å². The molecule has 0 saturated heterocycles. The Morgan fingerprint density at radius 1 is 1.44 bits per heavy atom. The highest BCUT2D eigenvalue weighted by Gasteiger charge is 2.16. The van der Waals surface area contributed by atoms with Gasteiger partial charge in [-0.05, 0) is 18.2 Å². The Hall–Kier alpha value is -2.01. The Bertz CT molecular complexity index is 551. The number of aromatic hydroxyl groups is 1. The number of aromatic amines is 1. The number of carboxylic acids is 1. The van der Waals surface area contributed by atoms with Crippen molar-refractivity contribution in [3.05, 3.63) is 35.0 Å². The van der Waals surface area contributed by atoms with Crippen molar-refractivity contribution < 1.29 is 15.0 Å². The fourth-order valence-corrected chi connectivity index (χ4v) is 1.63. The lowest BCUT2D eigenvalue weighted by Crippen LogP contribution is -1.96. The maximum atomic E-state index is 10.9. The Kier molecular flexibility index (Phi) is 2.54. The topological polar surface area (TPSA) is 86.2 Å². The molecule has 0 fully saturated rings. The van der Waals surface area contributed by atoms with Gasteiger partial charge in [-0.15, -0.1) is 0 Å². The summed E-state index contributed by atoms with van der Waals surface area (Å²) in [5.41, 5.74) is 0.833. The average molecular weight is 239 g/mol. The third-order valence-corrected chi connectivity index (χ3v) is 2.40. The number of benzene rings is 1. The standard InChI is InChI=1S/C10H7ClN2O3/c11-8-3-5(14)1-2-6(8)9-7(10(15)16)4-12-13-9/h1-4,14H,(H,12,13)(H,15,16). The largest absolute Gasteiger partial charge is 0.508 e. The predicted octanol–water partition coefficient (Wildman–Crippen LogP) is 2.13. The van der Waals surface area contributed by atoms with E-state index in [0.29, 0.717) is 11.3 Å². The molecule has 3 N–H and O–H groups in total. The molecule has 0 amide bonds. The number of aromatic nitrogens is 2. The fraction of sp³-hybridized carbons (Fsp3) is 0. The number of hydrogen-bond donors (Lipinski definition) is 3. The fourth-order valence-electron chi connectivity index (χ4n) is 1.36. The van der Waals surface area contributed by atoms with Crippen LogP contribution in [0.5, 0.6) is 5.75 Å². The summed E-state index contributed by atoms with van der Waals surface area (Å²) in [6.07, 6.45) is 1.21. The summed E-state index contributed by atoms with van der Waals surface area (Å²) in [5, 5.41) is 24.6. The number of nitrogens with zero attached hydrogens (tertiary/aromatic N) is 1. The van der Waals surface area contributed by atoms with Gasteiger partial charge in [-0.2, -0.15) is 5.10 Å². The number of rotatable bonds is 2. The molecule has 0 saturated carbocycles. The van der Waals surface area contributed by atoms with Gasteiger partial charge in [-0.1, -0.05) is 11.6 Å². The van der Waals surface area contributed by atoms with Gasteiger partial charge in [-0.3, -0.25) is 5.10 Å². The van der Waals surface area contributed by atoms with Crippen LogP contribution in [0.15, 0.2) is 24.4 Å². The van der Waals surface area contributed by atoms with Crippen molar-refractivity contribution in [1.82, 2.24) is 10.2 Å². The minimum absolute atomic E-state index is 0.0186. The molecule has 6 heteroatoms. The summed E-state index contributed by atoms with van der Waals surface area (Å²) in [7, 11) is 0. The Morgan fingerprint density at radius 2 is 2.19 bits per heavy atom. The molecule has 0 atom stereocenters. The van der Waals surface area contributed by atoms with E-state index < -0.39 is 5.97 Å². The molecule has 1 aromatic heterocycles. The molecule has 0 aliphatic rings. The quantitative estimate of drug-likeness (QED) is 0.748. The number of carboxylic acid groups (broad SMARTS) is 1. The van der Waals surface area contributed by atoms with Crippen LogP contribution < -0.4 is 0 Å². The number of aromatic carboxylic acids is 1. The zero-order chi connectivity index (χ0) is 11.7. The van der Waals surface area contributed by atoms with Crippen LogP contribution in [-0.4, -0.2) is 26.4 Å². The minimum atomic E-state index is -1.09. The highest BCUT2D eigenvalue weighted by atomic mass is 35.5. The average Bonchev–Trinajstić information content (AvgIpc) is 2.66. The molecule has 82 valence electrons. The number of halogens is 1. The van der Waals surface area contributed by atoms with E-state index in [1.165, 1.54) is 24.4 Å². The lowest BCUT2D eigenvalue weighted by molar-refractivity contribution is 0.0698. The Balaban J connectivity index is 2.59. The molecule has 0 aliphatic heterocycles. The maximum Gasteiger partial charge on any atom is 0.339 e. The monoisotopic (exact) mass is 238 g/mol. The van der Waals surface area contributed by atoms with E-state index in [2.05, 4.69) is 10.2 Å². The number of carbonyl (C=O) groups is 1. The first-order valence-corrected chi connectivity index (χ1v) is 4.73. The van der Waals surface area contributed by atoms with Crippen molar-refractivity contribution in [3.63, 3.8) is 0 Å². The van der Waals surface area contributed by atoms with Gasteiger partial charge in [0.15, 0.2) is 0 Å². The predicted molar refractivity (Wildman–Crippen MR) is 57.7 cm³/mol. The van der Waals surface area contributed by atoms with Crippen molar-refractivity contribution in [3.8, 4) is 17.0 Å². The van der Waals surface area contributed by atoms with Gasteiger partial charge in [-0.25, -0.2) is 4.79 Å². The second-order valence-corrected chi connectivity index (χ2v) is 3.54. The van der Waals surface area contributed by atoms with Crippen molar-refractivity contribution in [1.29, 1.82) is 0 Å². The van der Waals surface area contributed by atoms with Gasteiger partial charge in [0.2, 0.25) is 0 Å². The molecule has 2 rings (SSSR count). The molecule has 1 heterocycles. The smallest absolute Gasteiger partial charge is 0.339 e. The summed E-state index contributed by atoms with van der Waals surface area (Å²) < 4.78 is 0. The summed E-state index contributed by atoms with van der Waals surface area (Å²) in [6, 6.07) is 4.29. The van der Waals surface area contributed by atoms with Crippen molar-refractivity contribution in [2.45, 2.75) is 0 Å². The molecule has 0 aliphatic carbocycles. The summed E-state index contributed by atoms with van der Waals surface area (Å²) in [6.45, 7) is 0. The molecular formula is C10H7ClN2O3. The lowest BCUT2D eigenvalue weighted by atomic mass is 10.1. The molecule has 2 aromatic rings. The first-order chi connectivity index (χ1) is 7.59. The lowest BCUT2D eigenvalue weighted by Gasteiger charge is -2.03. The van der Waals surface area contributed by atoms with Crippen LogP contribution in [0, 0.1) is 0 Å². The Morgan fingerprint density at radius 3 is 2.81 bits per heavy atom. The number of phenolic OH excluding ortho intramolecular Hbond substituents is 1. The van der Waals surface area contributed by atoms with E-state index in [4.69, 9.17) is 16.7 Å². The first kappa shape index (κ1) is 10.5. The second kappa shape index (κ2) is 3.86. The number of H-pyrrole nitrogens is 1. The molecule has 16 heavy (non-hydrogen) atoms. The van der Waals surface area contributed by atoms with Crippen molar-refractivity contribution >= 4 is 17.6 Å². The molecule has 0 bridgehead atoms. The molecular weight excluding hydrogens is 232 g/mol. The molecule has 1 aromatic carbocycles. The highest BCUT2D eigenvalue weighted by molar-refractivity contribution is 6.33. The zero-order valence-electron chi connectivity index (χ0n) is 7.94. The van der Waals surface area contributed by atoms with Gasteiger partial charge in [0.05, 0.1) is 16.9 Å². The normalized spacial score (nSPS) is 10.3. The van der Waals surface area contributed by atoms with Gasteiger partial charge < -0.3 is 10.2 Å². The van der Waals surface area contributed by atoms with E-state index in [1.807, 2.05) is 0 Å². The second-order valence-electron chi connectivity index (χ2n) is 3.13. The van der Waals surface area contributed by atoms with Crippen LogP contribution >= 0.6 is 11.6 Å². The van der Waals surface area contributed by atoms with Crippen LogP contribution in [0.4, 0.5) is 0 Å². The molecule has 0 unspecified atom stereocenters. The first-order valence-electron chi connectivity index (χ1n) is 4.35. The van der Waals surface area contributed by atoms with Gasteiger partial charge >= 0.3 is 5.97 Å². The third kappa shape index (κ3) is 1.72. The zero-order valence-corrected chi connectivity index (χ0v) is 8.69. The van der Waals surface area contributed by atoms with E-state index in [1.54, 1.807) is 0 Å². The Labute approximate surface area is 95.3 Å². The van der Waals surface area contributed by atoms with Crippen LogP contribution in [0.2, 0.25) is 5.02 Å². The SMILES string of the molecule is O=C(O)c1cn[nH]c1-c1ccc(O)cc1Cl. The van der Waals surface area contributed by atoms with Crippen LogP contribution in [-0.2, 0) is 0 Å².